The number of halogens is 1. The number of hydrogen-bond acceptors (Lipinski definition) is 3. The highest BCUT2D eigenvalue weighted by Gasteiger charge is 2.09. The van der Waals surface area contributed by atoms with Crippen LogP contribution in [0, 0.1) is 0 Å². The van der Waals surface area contributed by atoms with Crippen molar-refractivity contribution < 1.29 is 5.11 Å². The van der Waals surface area contributed by atoms with E-state index in [0.717, 1.165) is 9.35 Å². The molecule has 0 fully saturated rings. The summed E-state index contributed by atoms with van der Waals surface area (Å²) in [4.78, 5) is 1.11. The van der Waals surface area contributed by atoms with Gasteiger partial charge < -0.3 is 10.8 Å². The Morgan fingerprint density at radius 1 is 1.73 bits per heavy atom. The topological polar surface area (TPSA) is 46.2 Å². The van der Waals surface area contributed by atoms with E-state index in [9.17, 15) is 0 Å². The molecule has 1 aromatic rings. The molecule has 0 aliphatic carbocycles. The Morgan fingerprint density at radius 2 is 2.45 bits per heavy atom. The van der Waals surface area contributed by atoms with Crippen LogP contribution < -0.4 is 5.73 Å². The minimum Gasteiger partial charge on any atom is -0.396 e. The zero-order valence-corrected chi connectivity index (χ0v) is 8.36. The van der Waals surface area contributed by atoms with Crippen molar-refractivity contribution in [2.75, 3.05) is 6.61 Å². The van der Waals surface area contributed by atoms with Gasteiger partial charge in [-0.3, -0.25) is 0 Å². The normalized spacial score (nSPS) is 13.4. The molecule has 1 atom stereocenters. The fraction of sp³-hybridized carbons (Fsp3) is 0.429. The Hall–Kier alpha value is 0.100. The molecule has 0 amide bonds. The van der Waals surface area contributed by atoms with Crippen LogP contribution in [0.15, 0.2) is 15.9 Å². The lowest BCUT2D eigenvalue weighted by molar-refractivity contribution is 0.277. The van der Waals surface area contributed by atoms with Crippen LogP contribution >= 0.6 is 27.3 Å². The van der Waals surface area contributed by atoms with E-state index in [1.54, 1.807) is 11.3 Å². The molecule has 0 bridgehead atoms. The zero-order chi connectivity index (χ0) is 8.27. The smallest absolute Gasteiger partial charge is 0.0449 e. The van der Waals surface area contributed by atoms with Crippen LogP contribution in [0.1, 0.15) is 17.3 Å². The lowest BCUT2D eigenvalue weighted by Gasteiger charge is -2.07. The molecule has 0 aromatic carbocycles. The van der Waals surface area contributed by atoms with Gasteiger partial charge in [-0.15, -0.1) is 11.3 Å². The van der Waals surface area contributed by atoms with E-state index in [1.165, 1.54) is 0 Å². The first kappa shape index (κ1) is 9.19. The number of hydrogen-bond donors (Lipinski definition) is 2. The lowest BCUT2D eigenvalue weighted by atomic mass is 10.2. The molecule has 62 valence electrons. The molecule has 0 radical (unpaired) electrons. The highest BCUT2D eigenvalue weighted by atomic mass is 79.9. The van der Waals surface area contributed by atoms with Gasteiger partial charge in [-0.1, -0.05) is 0 Å². The van der Waals surface area contributed by atoms with E-state index in [-0.39, 0.29) is 12.6 Å². The van der Waals surface area contributed by atoms with E-state index in [2.05, 4.69) is 15.9 Å². The Labute approximate surface area is 78.2 Å². The molecule has 3 N–H and O–H groups in total. The number of nitrogens with two attached hydrogens (primary N) is 1. The number of aliphatic hydroxyl groups excluding tert-OH is 1. The monoisotopic (exact) mass is 235 g/mol. The zero-order valence-electron chi connectivity index (χ0n) is 5.96. The fourth-order valence-electron chi connectivity index (χ4n) is 0.840. The van der Waals surface area contributed by atoms with Crippen molar-refractivity contribution in [2.45, 2.75) is 12.5 Å². The molecule has 1 aromatic heterocycles. The first-order chi connectivity index (χ1) is 5.25. The Kier molecular flexibility index (Phi) is 3.51. The van der Waals surface area contributed by atoms with Gasteiger partial charge in [0.05, 0.1) is 0 Å². The van der Waals surface area contributed by atoms with Crippen molar-refractivity contribution in [2.24, 2.45) is 5.73 Å². The maximum absolute atomic E-state index is 8.64. The summed E-state index contributed by atoms with van der Waals surface area (Å²) in [6.45, 7) is 0.144. The summed E-state index contributed by atoms with van der Waals surface area (Å²) in [7, 11) is 0. The molecule has 0 saturated carbocycles. The van der Waals surface area contributed by atoms with Crippen LogP contribution in [0.25, 0.3) is 0 Å². The molecule has 11 heavy (non-hydrogen) atoms. The molecular weight excluding hydrogens is 226 g/mol. The van der Waals surface area contributed by atoms with Gasteiger partial charge in [0, 0.05) is 22.0 Å². The maximum Gasteiger partial charge on any atom is 0.0449 e. The Bertz CT molecular complexity index is 226. The van der Waals surface area contributed by atoms with Crippen molar-refractivity contribution in [1.29, 1.82) is 0 Å². The highest BCUT2D eigenvalue weighted by Crippen LogP contribution is 2.28. The molecular formula is C7H10BrNOS. The first-order valence-corrected chi connectivity index (χ1v) is 5.02. The largest absolute Gasteiger partial charge is 0.396 e. The predicted molar refractivity (Wildman–Crippen MR) is 50.7 cm³/mol. The van der Waals surface area contributed by atoms with Gasteiger partial charge in [-0.05, 0) is 33.8 Å². The van der Waals surface area contributed by atoms with Crippen molar-refractivity contribution in [1.82, 2.24) is 0 Å². The summed E-state index contributed by atoms with van der Waals surface area (Å²) < 4.78 is 1.04. The fourth-order valence-corrected chi connectivity index (χ4v) is 2.55. The highest BCUT2D eigenvalue weighted by molar-refractivity contribution is 9.10. The summed E-state index contributed by atoms with van der Waals surface area (Å²) in [6.07, 6.45) is 0.624. The van der Waals surface area contributed by atoms with Crippen molar-refractivity contribution in [3.63, 3.8) is 0 Å². The standard InChI is InChI=1S/C7H10BrNOS/c8-5-2-4-11-7(5)6(9)1-3-10/h2,4,6,10H,1,3,9H2/t6-/m0/s1. The van der Waals surface area contributed by atoms with Crippen molar-refractivity contribution in [3.8, 4) is 0 Å². The molecule has 4 heteroatoms. The van der Waals surface area contributed by atoms with Crippen LogP contribution in [0.5, 0.6) is 0 Å². The second kappa shape index (κ2) is 4.21. The van der Waals surface area contributed by atoms with Gasteiger partial charge >= 0.3 is 0 Å². The van der Waals surface area contributed by atoms with E-state index in [1.807, 2.05) is 11.4 Å². The number of aliphatic hydroxyl groups is 1. The number of rotatable bonds is 3. The molecule has 1 rings (SSSR count). The van der Waals surface area contributed by atoms with E-state index in [0.29, 0.717) is 6.42 Å². The third kappa shape index (κ3) is 2.27. The van der Waals surface area contributed by atoms with E-state index < -0.39 is 0 Å². The van der Waals surface area contributed by atoms with Gasteiger partial charge in [0.2, 0.25) is 0 Å². The van der Waals surface area contributed by atoms with Gasteiger partial charge in [0.1, 0.15) is 0 Å². The summed E-state index contributed by atoms with van der Waals surface area (Å²) in [5.74, 6) is 0. The molecule has 0 saturated heterocycles. The maximum atomic E-state index is 8.64. The molecule has 2 nitrogen and oxygen atoms in total. The van der Waals surface area contributed by atoms with Crippen LogP contribution in [-0.2, 0) is 0 Å². The van der Waals surface area contributed by atoms with Crippen LogP contribution in [0.3, 0.4) is 0 Å². The van der Waals surface area contributed by atoms with Gasteiger partial charge in [0.15, 0.2) is 0 Å². The van der Waals surface area contributed by atoms with Crippen molar-refractivity contribution >= 4 is 27.3 Å². The van der Waals surface area contributed by atoms with Gasteiger partial charge in [-0.2, -0.15) is 0 Å². The van der Waals surface area contributed by atoms with Gasteiger partial charge in [-0.25, -0.2) is 0 Å². The number of thiophene rings is 1. The lowest BCUT2D eigenvalue weighted by Crippen LogP contribution is -2.10. The first-order valence-electron chi connectivity index (χ1n) is 3.35. The van der Waals surface area contributed by atoms with Crippen molar-refractivity contribution in [3.05, 3.63) is 20.8 Å². The molecule has 0 aliphatic rings. The minimum absolute atomic E-state index is 0.0330. The van der Waals surface area contributed by atoms with E-state index >= 15 is 0 Å². The molecule has 0 aliphatic heterocycles. The van der Waals surface area contributed by atoms with Crippen LogP contribution in [0.2, 0.25) is 0 Å². The summed E-state index contributed by atoms with van der Waals surface area (Å²) in [5, 5.41) is 10.6. The third-order valence-corrected chi connectivity index (χ3v) is 3.42. The predicted octanol–water partition coefficient (Wildman–Crippen LogP) is 1.89. The average Bonchev–Trinajstić information content (AvgIpc) is 2.36. The Morgan fingerprint density at radius 3 is 2.91 bits per heavy atom. The molecule has 0 unspecified atom stereocenters. The minimum atomic E-state index is -0.0330. The quantitative estimate of drug-likeness (QED) is 0.841. The summed E-state index contributed by atoms with van der Waals surface area (Å²) >= 11 is 5.00. The SMILES string of the molecule is N[C@@H](CCO)c1sccc1Br. The third-order valence-electron chi connectivity index (χ3n) is 1.42. The second-order valence-electron chi connectivity index (χ2n) is 2.25. The summed E-state index contributed by atoms with van der Waals surface area (Å²) in [5.41, 5.74) is 5.77. The molecule has 1 heterocycles. The van der Waals surface area contributed by atoms with E-state index in [4.69, 9.17) is 10.8 Å². The second-order valence-corrected chi connectivity index (χ2v) is 4.05. The van der Waals surface area contributed by atoms with Crippen LogP contribution in [-0.4, -0.2) is 11.7 Å². The van der Waals surface area contributed by atoms with Gasteiger partial charge in [0.25, 0.3) is 0 Å². The molecule has 0 spiro atoms. The average molecular weight is 236 g/mol. The Balaban J connectivity index is 2.67. The van der Waals surface area contributed by atoms with Crippen LogP contribution in [0.4, 0.5) is 0 Å². The summed E-state index contributed by atoms with van der Waals surface area (Å²) in [6, 6.07) is 1.94.